The number of amides is 1. The van der Waals surface area contributed by atoms with Gasteiger partial charge in [-0.25, -0.2) is 0 Å². The highest BCUT2D eigenvalue weighted by molar-refractivity contribution is 7.10. The number of carbonyl (C=O) groups is 1. The number of halogens is 1. The lowest BCUT2D eigenvalue weighted by Gasteiger charge is -2.11. The highest BCUT2D eigenvalue weighted by Crippen LogP contribution is 2.37. The standard InChI is InChI=1S/C16H14ClNO3S/c17-12-9-14-15(21-7-2-6-20-14)10-13(12)18-16(19)5-4-11-3-1-8-22-11/h1,3-5,8-10H,2,6-7H2,(H,18,19)/b5-4+. The third kappa shape index (κ3) is 3.61. The maximum atomic E-state index is 12.0. The van der Waals surface area contributed by atoms with Gasteiger partial charge in [0.15, 0.2) is 11.5 Å². The predicted octanol–water partition coefficient (Wildman–Crippen LogP) is 4.21. The molecular formula is C16H14ClNO3S. The topological polar surface area (TPSA) is 47.6 Å². The van der Waals surface area contributed by atoms with Crippen molar-refractivity contribution in [2.75, 3.05) is 18.5 Å². The van der Waals surface area contributed by atoms with E-state index in [0.717, 1.165) is 11.3 Å². The van der Waals surface area contributed by atoms with Crippen molar-refractivity contribution in [3.05, 3.63) is 45.6 Å². The molecule has 0 saturated heterocycles. The van der Waals surface area contributed by atoms with Gasteiger partial charge in [-0.2, -0.15) is 0 Å². The van der Waals surface area contributed by atoms with E-state index in [-0.39, 0.29) is 5.91 Å². The maximum Gasteiger partial charge on any atom is 0.248 e. The Bertz CT molecular complexity index is 698. The van der Waals surface area contributed by atoms with Crippen LogP contribution in [0.3, 0.4) is 0 Å². The number of rotatable bonds is 3. The maximum absolute atomic E-state index is 12.0. The van der Waals surface area contributed by atoms with E-state index in [1.54, 1.807) is 29.5 Å². The molecule has 2 heterocycles. The molecule has 0 unspecified atom stereocenters. The molecule has 0 atom stereocenters. The van der Waals surface area contributed by atoms with Gasteiger partial charge in [-0.05, 0) is 17.5 Å². The van der Waals surface area contributed by atoms with Crippen molar-refractivity contribution in [2.24, 2.45) is 0 Å². The van der Waals surface area contributed by atoms with Crippen molar-refractivity contribution in [2.45, 2.75) is 6.42 Å². The molecule has 4 nitrogen and oxygen atoms in total. The van der Waals surface area contributed by atoms with Crippen LogP contribution in [0.4, 0.5) is 5.69 Å². The lowest BCUT2D eigenvalue weighted by molar-refractivity contribution is -0.111. The number of fused-ring (bicyclic) bond motifs is 1. The second-order valence-corrected chi connectivity index (χ2v) is 6.05. The number of benzene rings is 1. The quantitative estimate of drug-likeness (QED) is 0.854. The third-order valence-electron chi connectivity index (χ3n) is 3.04. The molecule has 2 aromatic rings. The molecule has 0 bridgehead atoms. The molecule has 22 heavy (non-hydrogen) atoms. The molecule has 0 spiro atoms. The van der Waals surface area contributed by atoms with Crippen molar-refractivity contribution in [3.8, 4) is 11.5 Å². The molecule has 1 amide bonds. The van der Waals surface area contributed by atoms with Crippen LogP contribution >= 0.6 is 22.9 Å². The predicted molar refractivity (Wildman–Crippen MR) is 89.0 cm³/mol. The third-order valence-corrected chi connectivity index (χ3v) is 4.19. The lowest BCUT2D eigenvalue weighted by Crippen LogP contribution is -2.08. The lowest BCUT2D eigenvalue weighted by atomic mass is 10.2. The molecule has 0 aliphatic carbocycles. The van der Waals surface area contributed by atoms with Crippen LogP contribution in [0.25, 0.3) is 6.08 Å². The monoisotopic (exact) mass is 335 g/mol. The first-order valence-corrected chi connectivity index (χ1v) is 8.10. The van der Waals surface area contributed by atoms with Crippen LogP contribution in [0.15, 0.2) is 35.7 Å². The summed E-state index contributed by atoms with van der Waals surface area (Å²) in [6.07, 6.45) is 4.06. The Kier molecular flexibility index (Phi) is 4.65. The Balaban J connectivity index is 1.74. The van der Waals surface area contributed by atoms with Gasteiger partial charge in [0, 0.05) is 29.5 Å². The zero-order chi connectivity index (χ0) is 15.4. The fourth-order valence-electron chi connectivity index (χ4n) is 2.00. The number of carbonyl (C=O) groups excluding carboxylic acids is 1. The van der Waals surface area contributed by atoms with Crippen molar-refractivity contribution < 1.29 is 14.3 Å². The second kappa shape index (κ2) is 6.85. The summed E-state index contributed by atoms with van der Waals surface area (Å²) in [5.74, 6) is 0.957. The number of ether oxygens (including phenoxy) is 2. The average Bonchev–Trinajstić information content (AvgIpc) is 2.92. The van der Waals surface area contributed by atoms with E-state index >= 15 is 0 Å². The van der Waals surface area contributed by atoms with Crippen LogP contribution in [0.5, 0.6) is 11.5 Å². The van der Waals surface area contributed by atoms with E-state index in [1.807, 2.05) is 17.5 Å². The number of hydrogen-bond acceptors (Lipinski definition) is 4. The fraction of sp³-hybridized carbons (Fsp3) is 0.188. The summed E-state index contributed by atoms with van der Waals surface area (Å²) in [5, 5.41) is 5.13. The first-order chi connectivity index (χ1) is 10.7. The van der Waals surface area contributed by atoms with Gasteiger partial charge in [0.05, 0.1) is 23.9 Å². The molecule has 6 heteroatoms. The molecule has 1 aliphatic heterocycles. The van der Waals surface area contributed by atoms with Crippen molar-refractivity contribution >= 4 is 40.6 Å². The van der Waals surface area contributed by atoms with Gasteiger partial charge in [0.25, 0.3) is 0 Å². The Labute approximate surface area is 137 Å². The molecule has 1 aromatic heterocycles. The molecule has 0 saturated carbocycles. The molecule has 3 rings (SSSR count). The van der Waals surface area contributed by atoms with Gasteiger partial charge < -0.3 is 14.8 Å². The largest absolute Gasteiger partial charge is 0.490 e. The molecule has 1 N–H and O–H groups in total. The van der Waals surface area contributed by atoms with Crippen LogP contribution in [-0.4, -0.2) is 19.1 Å². The van der Waals surface area contributed by atoms with Crippen LogP contribution < -0.4 is 14.8 Å². The smallest absolute Gasteiger partial charge is 0.248 e. The van der Waals surface area contributed by atoms with E-state index in [2.05, 4.69) is 5.32 Å². The Hall–Kier alpha value is -1.98. The number of thiophene rings is 1. The Morgan fingerprint density at radius 3 is 2.77 bits per heavy atom. The SMILES string of the molecule is O=C(/C=C/c1cccs1)Nc1cc2c(cc1Cl)OCCCO2. The summed E-state index contributed by atoms with van der Waals surface area (Å²) in [5.41, 5.74) is 0.506. The fourth-order valence-corrected chi connectivity index (χ4v) is 2.82. The van der Waals surface area contributed by atoms with Crippen molar-refractivity contribution in [1.82, 2.24) is 0 Å². The van der Waals surface area contributed by atoms with Gasteiger partial charge in [-0.15, -0.1) is 11.3 Å². The summed E-state index contributed by atoms with van der Waals surface area (Å²) in [6.45, 7) is 1.18. The summed E-state index contributed by atoms with van der Waals surface area (Å²) in [6, 6.07) is 7.23. The zero-order valence-electron chi connectivity index (χ0n) is 11.7. The summed E-state index contributed by atoms with van der Waals surface area (Å²) >= 11 is 7.75. The summed E-state index contributed by atoms with van der Waals surface area (Å²) in [7, 11) is 0. The molecule has 1 aliphatic rings. The Morgan fingerprint density at radius 1 is 1.27 bits per heavy atom. The minimum atomic E-state index is -0.246. The van der Waals surface area contributed by atoms with E-state index in [0.29, 0.717) is 35.4 Å². The van der Waals surface area contributed by atoms with Crippen LogP contribution in [0, 0.1) is 0 Å². The molecular weight excluding hydrogens is 322 g/mol. The Morgan fingerprint density at radius 2 is 2.05 bits per heavy atom. The molecule has 114 valence electrons. The van der Waals surface area contributed by atoms with E-state index < -0.39 is 0 Å². The normalized spacial score (nSPS) is 13.9. The first kappa shape index (κ1) is 14.9. The van der Waals surface area contributed by atoms with Crippen LogP contribution in [0.1, 0.15) is 11.3 Å². The molecule has 1 aromatic carbocycles. The number of anilines is 1. The van der Waals surface area contributed by atoms with Crippen molar-refractivity contribution in [3.63, 3.8) is 0 Å². The highest BCUT2D eigenvalue weighted by Gasteiger charge is 2.14. The van der Waals surface area contributed by atoms with Gasteiger partial charge >= 0.3 is 0 Å². The van der Waals surface area contributed by atoms with Crippen LogP contribution in [-0.2, 0) is 4.79 Å². The van der Waals surface area contributed by atoms with Crippen molar-refractivity contribution in [1.29, 1.82) is 0 Å². The highest BCUT2D eigenvalue weighted by atomic mass is 35.5. The molecule has 0 fully saturated rings. The van der Waals surface area contributed by atoms with Gasteiger partial charge in [-0.1, -0.05) is 17.7 Å². The minimum absolute atomic E-state index is 0.246. The summed E-state index contributed by atoms with van der Waals surface area (Å²) in [4.78, 5) is 13.0. The van der Waals surface area contributed by atoms with Gasteiger partial charge in [-0.3, -0.25) is 4.79 Å². The van der Waals surface area contributed by atoms with E-state index in [1.165, 1.54) is 6.08 Å². The molecule has 0 radical (unpaired) electrons. The second-order valence-electron chi connectivity index (χ2n) is 4.67. The summed E-state index contributed by atoms with van der Waals surface area (Å²) < 4.78 is 11.1. The van der Waals surface area contributed by atoms with E-state index in [9.17, 15) is 4.79 Å². The zero-order valence-corrected chi connectivity index (χ0v) is 13.2. The van der Waals surface area contributed by atoms with Gasteiger partial charge in [0.2, 0.25) is 5.91 Å². The minimum Gasteiger partial charge on any atom is -0.490 e. The van der Waals surface area contributed by atoms with Gasteiger partial charge in [0.1, 0.15) is 0 Å². The number of hydrogen-bond donors (Lipinski definition) is 1. The average molecular weight is 336 g/mol. The van der Waals surface area contributed by atoms with E-state index in [4.69, 9.17) is 21.1 Å². The first-order valence-electron chi connectivity index (χ1n) is 6.84. The number of nitrogens with one attached hydrogen (secondary N) is 1. The van der Waals surface area contributed by atoms with Crippen LogP contribution in [0.2, 0.25) is 5.02 Å².